The molecule has 0 fully saturated rings. The van der Waals surface area contributed by atoms with Gasteiger partial charge < -0.3 is 5.73 Å². The van der Waals surface area contributed by atoms with Crippen molar-refractivity contribution in [2.75, 3.05) is 14.1 Å². The molecule has 2 aliphatic rings. The van der Waals surface area contributed by atoms with Gasteiger partial charge in [0.05, 0.1) is 0 Å². The van der Waals surface area contributed by atoms with E-state index in [1.807, 2.05) is 0 Å². The summed E-state index contributed by atoms with van der Waals surface area (Å²) >= 11 is 0. The predicted molar refractivity (Wildman–Crippen MR) is 57.0 cm³/mol. The van der Waals surface area contributed by atoms with Crippen molar-refractivity contribution in [2.45, 2.75) is 6.04 Å². The predicted octanol–water partition coefficient (Wildman–Crippen LogP) is -1.50. The second kappa shape index (κ2) is 3.68. The van der Waals surface area contributed by atoms with Crippen molar-refractivity contribution >= 4 is 23.7 Å². The number of rotatable bonds is 1. The van der Waals surface area contributed by atoms with Gasteiger partial charge in [0.2, 0.25) is 5.96 Å². The van der Waals surface area contributed by atoms with E-state index in [0.29, 0.717) is 0 Å². The van der Waals surface area contributed by atoms with E-state index >= 15 is 0 Å². The van der Waals surface area contributed by atoms with Gasteiger partial charge in [0.1, 0.15) is 0 Å². The summed E-state index contributed by atoms with van der Waals surface area (Å²) in [6, 6.07) is -0.761. The van der Waals surface area contributed by atoms with Gasteiger partial charge in [-0.1, -0.05) is 10.3 Å². The van der Waals surface area contributed by atoms with Crippen molar-refractivity contribution in [3.63, 3.8) is 0 Å². The molecule has 2 heterocycles. The van der Waals surface area contributed by atoms with Crippen molar-refractivity contribution in [2.24, 2.45) is 31.0 Å². The average Bonchev–Trinajstić information content (AvgIpc) is 2.57. The molecule has 2 aliphatic heterocycles. The second-order valence-corrected chi connectivity index (χ2v) is 3.32. The molecular formula is C7H10N8O. The molecule has 1 amide bonds. The van der Waals surface area contributed by atoms with Crippen LogP contribution in [0, 0.1) is 0 Å². The fourth-order valence-corrected chi connectivity index (χ4v) is 1.15. The Bertz CT molecular complexity index is 445. The molecule has 2 rings (SSSR count). The lowest BCUT2D eigenvalue weighted by atomic mass is 10.2. The maximum absolute atomic E-state index is 11.4. The number of hydrogen-bond donors (Lipinski definition) is 2. The molecule has 1 atom stereocenters. The second-order valence-electron chi connectivity index (χ2n) is 3.32. The zero-order valence-electron chi connectivity index (χ0n) is 8.75. The first kappa shape index (κ1) is 10.2. The Balaban J connectivity index is 2.23. The topological polar surface area (TPSA) is 120 Å². The standard InChI is InChI=1S/C7H10N8O/c1-15(2)14-13-7-9-3-4(11-7)10-6(8)12-5(3)16/h3H,1-2H3,(H3,8,9,10,11,12,16)/b14-13+. The Hall–Kier alpha value is -2.32. The van der Waals surface area contributed by atoms with Crippen molar-refractivity contribution in [1.82, 2.24) is 10.3 Å². The number of fused-ring (bicyclic) bond motifs is 1. The van der Waals surface area contributed by atoms with Crippen LogP contribution < -0.4 is 11.1 Å². The van der Waals surface area contributed by atoms with E-state index in [0.717, 1.165) is 0 Å². The van der Waals surface area contributed by atoms with E-state index < -0.39 is 6.04 Å². The minimum Gasteiger partial charge on any atom is -0.369 e. The van der Waals surface area contributed by atoms with Gasteiger partial charge in [-0.3, -0.25) is 15.1 Å². The number of amides is 1. The van der Waals surface area contributed by atoms with Crippen LogP contribution in [0.1, 0.15) is 0 Å². The number of carbonyl (C=O) groups is 1. The third-order valence-corrected chi connectivity index (χ3v) is 1.75. The fourth-order valence-electron chi connectivity index (χ4n) is 1.15. The molecule has 0 radical (unpaired) electrons. The molecule has 9 heteroatoms. The molecular weight excluding hydrogens is 212 g/mol. The summed E-state index contributed by atoms with van der Waals surface area (Å²) in [5.41, 5.74) is 5.37. The van der Waals surface area contributed by atoms with Crippen LogP contribution in [0.4, 0.5) is 0 Å². The summed E-state index contributed by atoms with van der Waals surface area (Å²) in [7, 11) is 3.42. The summed E-state index contributed by atoms with van der Waals surface area (Å²) in [5, 5.41) is 11.3. The first-order chi connectivity index (χ1) is 7.56. The van der Waals surface area contributed by atoms with Gasteiger partial charge in [0, 0.05) is 14.1 Å². The summed E-state index contributed by atoms with van der Waals surface area (Å²) in [6.45, 7) is 0. The fraction of sp³-hybridized carbons (Fsp3) is 0.429. The summed E-state index contributed by atoms with van der Waals surface area (Å²) in [5.74, 6) is 0.0126. The Morgan fingerprint density at radius 2 is 2.19 bits per heavy atom. The van der Waals surface area contributed by atoms with Crippen LogP contribution in [0.2, 0.25) is 0 Å². The van der Waals surface area contributed by atoms with Crippen LogP contribution in [-0.2, 0) is 4.79 Å². The van der Waals surface area contributed by atoms with Gasteiger partial charge in [-0.25, -0.2) is 4.99 Å². The number of guanidine groups is 2. The molecule has 0 saturated heterocycles. The van der Waals surface area contributed by atoms with E-state index in [1.54, 1.807) is 14.1 Å². The Labute approximate surface area is 90.8 Å². The zero-order valence-corrected chi connectivity index (χ0v) is 8.75. The first-order valence-electron chi connectivity index (χ1n) is 4.46. The number of nitrogens with two attached hydrogens (primary N) is 1. The molecule has 0 aliphatic carbocycles. The number of amidine groups is 1. The van der Waals surface area contributed by atoms with Gasteiger partial charge in [0.25, 0.3) is 11.9 Å². The Morgan fingerprint density at radius 1 is 1.44 bits per heavy atom. The highest BCUT2D eigenvalue weighted by Gasteiger charge is 2.33. The van der Waals surface area contributed by atoms with Crippen LogP contribution in [0.25, 0.3) is 0 Å². The van der Waals surface area contributed by atoms with Crippen LogP contribution >= 0.6 is 0 Å². The summed E-state index contributed by atoms with van der Waals surface area (Å²) < 4.78 is 0. The molecule has 9 nitrogen and oxygen atoms in total. The van der Waals surface area contributed by atoms with Gasteiger partial charge >= 0.3 is 0 Å². The molecule has 0 aromatic carbocycles. The van der Waals surface area contributed by atoms with Crippen LogP contribution in [0.5, 0.6) is 0 Å². The molecule has 0 aromatic heterocycles. The van der Waals surface area contributed by atoms with Gasteiger partial charge in [-0.2, -0.15) is 9.98 Å². The third kappa shape index (κ3) is 1.87. The smallest absolute Gasteiger partial charge is 0.269 e. The molecule has 0 spiro atoms. The number of carbonyl (C=O) groups excluding carboxylic acids is 1. The van der Waals surface area contributed by atoms with Crippen molar-refractivity contribution < 1.29 is 4.79 Å². The van der Waals surface area contributed by atoms with Gasteiger partial charge in [-0.15, -0.1) is 0 Å². The largest absolute Gasteiger partial charge is 0.369 e. The number of nitrogens with zero attached hydrogens (tertiary/aromatic N) is 6. The van der Waals surface area contributed by atoms with Crippen LogP contribution in [0.3, 0.4) is 0 Å². The highest BCUT2D eigenvalue weighted by atomic mass is 16.2. The Morgan fingerprint density at radius 3 is 2.88 bits per heavy atom. The molecule has 0 aromatic rings. The first-order valence-corrected chi connectivity index (χ1v) is 4.46. The highest BCUT2D eigenvalue weighted by molar-refractivity contribution is 6.24. The number of nitrogens with one attached hydrogen (secondary N) is 1. The highest BCUT2D eigenvalue weighted by Crippen LogP contribution is 2.11. The molecule has 16 heavy (non-hydrogen) atoms. The zero-order chi connectivity index (χ0) is 11.7. The quantitative estimate of drug-likeness (QED) is 0.414. The average molecular weight is 222 g/mol. The summed E-state index contributed by atoms with van der Waals surface area (Å²) in [4.78, 5) is 23.2. The van der Waals surface area contributed by atoms with Crippen LogP contribution in [-0.4, -0.2) is 48.8 Å². The normalized spacial score (nSPS) is 23.5. The summed E-state index contributed by atoms with van der Waals surface area (Å²) in [6.07, 6.45) is 0. The van der Waals surface area contributed by atoms with E-state index in [-0.39, 0.29) is 23.7 Å². The maximum Gasteiger partial charge on any atom is 0.269 e. The van der Waals surface area contributed by atoms with Gasteiger partial charge in [0.15, 0.2) is 11.9 Å². The lowest BCUT2D eigenvalue weighted by Crippen LogP contribution is -2.49. The van der Waals surface area contributed by atoms with E-state index in [1.165, 1.54) is 5.01 Å². The lowest BCUT2D eigenvalue weighted by Gasteiger charge is -2.13. The number of hydrogen-bond acceptors (Lipinski definition) is 7. The minimum atomic E-state index is -0.761. The SMILES string of the molecule is CN(C)/N=N/C1=NC2C(=O)NC(N)=NC2=N1. The van der Waals surface area contributed by atoms with Gasteiger partial charge in [-0.05, 0) is 0 Å². The monoisotopic (exact) mass is 222 g/mol. The molecule has 1 unspecified atom stereocenters. The lowest BCUT2D eigenvalue weighted by molar-refractivity contribution is -0.119. The van der Waals surface area contributed by atoms with E-state index in [4.69, 9.17) is 5.73 Å². The number of aliphatic imine (C=N–C) groups is 3. The Kier molecular flexibility index (Phi) is 2.35. The van der Waals surface area contributed by atoms with Crippen molar-refractivity contribution in [3.05, 3.63) is 0 Å². The van der Waals surface area contributed by atoms with Crippen molar-refractivity contribution in [3.8, 4) is 0 Å². The molecule has 3 N–H and O–H groups in total. The van der Waals surface area contributed by atoms with Crippen molar-refractivity contribution in [1.29, 1.82) is 0 Å². The van der Waals surface area contributed by atoms with E-state index in [2.05, 4.69) is 30.6 Å². The minimum absolute atomic E-state index is 0.0148. The molecule has 84 valence electrons. The maximum atomic E-state index is 11.4. The molecule has 0 bridgehead atoms. The molecule has 0 saturated carbocycles. The third-order valence-electron chi connectivity index (χ3n) is 1.75. The van der Waals surface area contributed by atoms with Crippen LogP contribution in [0.15, 0.2) is 25.3 Å². The van der Waals surface area contributed by atoms with E-state index in [9.17, 15) is 4.79 Å².